The van der Waals surface area contributed by atoms with Crippen molar-refractivity contribution in [3.8, 4) is 23.2 Å². The summed E-state index contributed by atoms with van der Waals surface area (Å²) in [7, 11) is 0. The monoisotopic (exact) mass is 366 g/mol. The van der Waals surface area contributed by atoms with Crippen molar-refractivity contribution in [2.75, 3.05) is 0 Å². The Hall–Kier alpha value is -3.30. The van der Waals surface area contributed by atoms with Gasteiger partial charge in [0, 0.05) is 10.6 Å². The van der Waals surface area contributed by atoms with Crippen LogP contribution < -0.4 is 10.5 Å². The molecule has 2 aromatic carbocycles. The molecule has 3 aromatic rings. The third-order valence-corrected chi connectivity index (χ3v) is 4.53. The quantitative estimate of drug-likeness (QED) is 0.715. The van der Waals surface area contributed by atoms with Crippen molar-refractivity contribution in [2.45, 2.75) is 5.92 Å². The van der Waals surface area contributed by atoms with Gasteiger partial charge >= 0.3 is 0 Å². The number of ether oxygens (including phenoxy) is 1. The van der Waals surface area contributed by atoms with E-state index in [2.05, 4.69) is 16.3 Å². The van der Waals surface area contributed by atoms with Crippen molar-refractivity contribution in [2.24, 2.45) is 5.73 Å². The van der Waals surface area contributed by atoms with Gasteiger partial charge < -0.3 is 10.5 Å². The second-order valence-electron chi connectivity index (χ2n) is 5.80. The maximum Gasteiger partial charge on any atom is 0.244 e. The number of aromatic amines is 1. The Balaban J connectivity index is 1.93. The summed E-state index contributed by atoms with van der Waals surface area (Å²) >= 11 is 5.97. The molecule has 5 nitrogen and oxygen atoms in total. The molecule has 2 heterocycles. The maximum absolute atomic E-state index is 13.4. The molecule has 1 aromatic heterocycles. The van der Waals surface area contributed by atoms with Crippen molar-refractivity contribution in [3.63, 3.8) is 0 Å². The summed E-state index contributed by atoms with van der Waals surface area (Å²) in [5.41, 5.74) is 9.07. The largest absolute Gasteiger partial charge is 0.420 e. The van der Waals surface area contributed by atoms with Crippen molar-refractivity contribution in [3.05, 3.63) is 82.0 Å². The van der Waals surface area contributed by atoms with E-state index in [1.165, 1.54) is 12.1 Å². The topological polar surface area (TPSA) is 87.7 Å². The molecular weight excluding hydrogens is 355 g/mol. The summed E-state index contributed by atoms with van der Waals surface area (Å²) < 4.78 is 18.9. The summed E-state index contributed by atoms with van der Waals surface area (Å²) in [6, 6.07) is 15.2. The van der Waals surface area contributed by atoms with E-state index in [9.17, 15) is 9.65 Å². The summed E-state index contributed by atoms with van der Waals surface area (Å²) in [6.07, 6.45) is 0. The van der Waals surface area contributed by atoms with Gasteiger partial charge in [-0.25, -0.2) is 4.39 Å². The number of halogens is 2. The van der Waals surface area contributed by atoms with Gasteiger partial charge in [-0.05, 0) is 29.8 Å². The number of nitrogens with two attached hydrogens (primary N) is 1. The van der Waals surface area contributed by atoms with Crippen molar-refractivity contribution >= 4 is 11.6 Å². The number of rotatable bonds is 2. The Kier molecular flexibility index (Phi) is 3.86. The molecule has 0 saturated carbocycles. The lowest BCUT2D eigenvalue weighted by molar-refractivity contribution is 0.379. The van der Waals surface area contributed by atoms with Crippen LogP contribution >= 0.6 is 11.6 Å². The lowest BCUT2D eigenvalue weighted by atomic mass is 9.83. The number of hydrogen-bond donors (Lipinski definition) is 2. The summed E-state index contributed by atoms with van der Waals surface area (Å²) in [5.74, 6) is -0.598. The van der Waals surface area contributed by atoms with Gasteiger partial charge in [-0.3, -0.25) is 5.10 Å². The second kappa shape index (κ2) is 6.21. The van der Waals surface area contributed by atoms with Crippen molar-refractivity contribution < 1.29 is 9.13 Å². The molecular formula is C19H12ClFN4O. The molecule has 7 heteroatoms. The average molecular weight is 367 g/mol. The Morgan fingerprint density at radius 3 is 2.50 bits per heavy atom. The van der Waals surface area contributed by atoms with E-state index in [-0.39, 0.29) is 17.3 Å². The fourth-order valence-electron chi connectivity index (χ4n) is 3.07. The van der Waals surface area contributed by atoms with Gasteiger partial charge in [-0.2, -0.15) is 5.26 Å². The van der Waals surface area contributed by atoms with Crippen LogP contribution in [0.4, 0.5) is 4.39 Å². The fraction of sp³-hybridized carbons (Fsp3) is 0.0526. The molecule has 1 aliphatic rings. The molecule has 1 aliphatic heterocycles. The molecule has 26 heavy (non-hydrogen) atoms. The average Bonchev–Trinajstić information content (AvgIpc) is 3.05. The summed E-state index contributed by atoms with van der Waals surface area (Å²) in [5, 5.41) is 17.4. The zero-order valence-corrected chi connectivity index (χ0v) is 14.1. The molecule has 0 bridgehead atoms. The second-order valence-corrected chi connectivity index (χ2v) is 6.24. The highest BCUT2D eigenvalue weighted by molar-refractivity contribution is 6.30. The minimum Gasteiger partial charge on any atom is -0.420 e. The Morgan fingerprint density at radius 2 is 1.85 bits per heavy atom. The Morgan fingerprint density at radius 1 is 1.15 bits per heavy atom. The maximum atomic E-state index is 13.4. The number of H-pyrrole nitrogens is 1. The molecule has 128 valence electrons. The number of nitriles is 1. The highest BCUT2D eigenvalue weighted by Crippen LogP contribution is 2.45. The third kappa shape index (κ3) is 2.59. The van der Waals surface area contributed by atoms with Crippen LogP contribution in [0.5, 0.6) is 5.88 Å². The molecule has 0 unspecified atom stereocenters. The fourth-order valence-corrected chi connectivity index (χ4v) is 3.20. The van der Waals surface area contributed by atoms with E-state index < -0.39 is 5.92 Å². The van der Waals surface area contributed by atoms with Gasteiger partial charge in [0.15, 0.2) is 0 Å². The van der Waals surface area contributed by atoms with Crippen molar-refractivity contribution in [1.29, 1.82) is 5.26 Å². The van der Waals surface area contributed by atoms with Gasteiger partial charge in [0.25, 0.3) is 0 Å². The lowest BCUT2D eigenvalue weighted by Crippen LogP contribution is -2.21. The first kappa shape index (κ1) is 16.2. The van der Waals surface area contributed by atoms with E-state index >= 15 is 0 Å². The first-order valence-electron chi connectivity index (χ1n) is 7.75. The normalized spacial score (nSPS) is 16.0. The van der Waals surface area contributed by atoms with Crippen molar-refractivity contribution in [1.82, 2.24) is 10.2 Å². The van der Waals surface area contributed by atoms with Crippen LogP contribution in [0.25, 0.3) is 11.3 Å². The molecule has 0 amide bonds. The first-order chi connectivity index (χ1) is 12.6. The van der Waals surface area contributed by atoms with Crippen LogP contribution in [0.2, 0.25) is 5.02 Å². The summed E-state index contributed by atoms with van der Waals surface area (Å²) in [4.78, 5) is 0. The number of nitrogens with one attached hydrogen (secondary N) is 1. The van der Waals surface area contributed by atoms with Crippen LogP contribution in [-0.2, 0) is 0 Å². The number of fused-ring (bicyclic) bond motifs is 1. The van der Waals surface area contributed by atoms with Crippen LogP contribution in [-0.4, -0.2) is 10.2 Å². The Bertz CT molecular complexity index is 1050. The smallest absolute Gasteiger partial charge is 0.244 e. The number of benzene rings is 2. The van der Waals surface area contributed by atoms with E-state index in [1.807, 2.05) is 12.1 Å². The number of nitrogens with zero attached hydrogens (tertiary/aromatic N) is 2. The highest BCUT2D eigenvalue weighted by Gasteiger charge is 2.35. The van der Waals surface area contributed by atoms with Crippen LogP contribution in [0.15, 0.2) is 60.0 Å². The van der Waals surface area contributed by atoms with Gasteiger partial charge in [0.1, 0.15) is 17.5 Å². The third-order valence-electron chi connectivity index (χ3n) is 4.28. The molecule has 0 radical (unpaired) electrons. The van der Waals surface area contributed by atoms with Gasteiger partial charge in [-0.1, -0.05) is 35.9 Å². The van der Waals surface area contributed by atoms with E-state index in [0.717, 1.165) is 5.56 Å². The lowest BCUT2D eigenvalue weighted by Gasteiger charge is -2.24. The van der Waals surface area contributed by atoms with E-state index in [4.69, 9.17) is 22.1 Å². The van der Waals surface area contributed by atoms with Crippen LogP contribution in [0.3, 0.4) is 0 Å². The molecule has 1 atom stereocenters. The molecule has 0 fully saturated rings. The zero-order valence-electron chi connectivity index (χ0n) is 13.3. The molecule has 0 spiro atoms. The highest BCUT2D eigenvalue weighted by atomic mass is 35.5. The molecule has 4 rings (SSSR count). The minimum absolute atomic E-state index is 0.0107. The zero-order chi connectivity index (χ0) is 18.3. The predicted molar refractivity (Wildman–Crippen MR) is 94.7 cm³/mol. The molecule has 3 N–H and O–H groups in total. The number of allylic oxidation sites excluding steroid dienone is 1. The molecule has 0 saturated heterocycles. The predicted octanol–water partition coefficient (Wildman–Crippen LogP) is 4.09. The standard InChI is InChI=1S/C19H12ClFN4O/c20-12-5-1-11(2-6-12)17-16-15(10-3-7-13(21)8-4-10)14(9-22)18(23)26-19(16)25-24-17/h1-8,15H,23H2,(H,24,25)/t15-/m1/s1. The van der Waals surface area contributed by atoms with Gasteiger partial charge in [0.2, 0.25) is 11.8 Å². The van der Waals surface area contributed by atoms with Crippen LogP contribution in [0, 0.1) is 17.1 Å². The minimum atomic E-state index is -0.520. The van der Waals surface area contributed by atoms with Gasteiger partial charge in [0.05, 0.1) is 17.2 Å². The van der Waals surface area contributed by atoms with Crippen LogP contribution in [0.1, 0.15) is 17.0 Å². The van der Waals surface area contributed by atoms with E-state index in [1.54, 1.807) is 24.3 Å². The van der Waals surface area contributed by atoms with E-state index in [0.29, 0.717) is 27.7 Å². The van der Waals surface area contributed by atoms with Gasteiger partial charge in [-0.15, -0.1) is 5.10 Å². The Labute approximate surface area is 153 Å². The molecule has 0 aliphatic carbocycles. The summed E-state index contributed by atoms with van der Waals surface area (Å²) in [6.45, 7) is 0. The first-order valence-corrected chi connectivity index (χ1v) is 8.13. The SMILES string of the molecule is N#CC1=C(N)Oc2n[nH]c(-c3ccc(Cl)cc3)c2[C@@H]1c1ccc(F)cc1. The number of aromatic nitrogens is 2. The number of hydrogen-bond acceptors (Lipinski definition) is 4.